The molecular formula is C16H17F2NOS. The zero-order valence-electron chi connectivity index (χ0n) is 12.1. The van der Waals surface area contributed by atoms with E-state index in [0.717, 1.165) is 10.5 Å². The summed E-state index contributed by atoms with van der Waals surface area (Å²) in [5.74, 6) is -0.150. The third kappa shape index (κ3) is 3.47. The van der Waals surface area contributed by atoms with Gasteiger partial charge in [0, 0.05) is 15.2 Å². The maximum atomic E-state index is 13.5. The van der Waals surface area contributed by atoms with Crippen LogP contribution in [0, 0.1) is 11.6 Å². The molecule has 0 unspecified atom stereocenters. The van der Waals surface area contributed by atoms with E-state index in [1.807, 2.05) is 13.8 Å². The number of ether oxygens (including phenoxy) is 1. The summed E-state index contributed by atoms with van der Waals surface area (Å²) in [6.45, 7) is 3.91. The minimum Gasteiger partial charge on any atom is -0.496 e. The number of hydrogen-bond donors (Lipinski definition) is 1. The monoisotopic (exact) mass is 309 g/mol. The highest BCUT2D eigenvalue weighted by Crippen LogP contribution is 2.45. The molecule has 2 aromatic carbocycles. The van der Waals surface area contributed by atoms with Gasteiger partial charge in [-0.3, -0.25) is 0 Å². The van der Waals surface area contributed by atoms with Crippen LogP contribution >= 0.6 is 11.8 Å². The van der Waals surface area contributed by atoms with Crippen molar-refractivity contribution in [1.29, 1.82) is 0 Å². The normalized spacial score (nSPS) is 11.5. The van der Waals surface area contributed by atoms with Crippen molar-refractivity contribution in [2.75, 3.05) is 12.8 Å². The molecule has 0 saturated carbocycles. The summed E-state index contributed by atoms with van der Waals surface area (Å²) in [6, 6.07) is 8.98. The highest BCUT2D eigenvalue weighted by molar-refractivity contribution is 8.00. The Kier molecular flexibility index (Phi) is 4.42. The van der Waals surface area contributed by atoms with Crippen molar-refractivity contribution in [1.82, 2.24) is 0 Å². The molecule has 0 bridgehead atoms. The van der Waals surface area contributed by atoms with Gasteiger partial charge in [0.05, 0.1) is 12.8 Å². The summed E-state index contributed by atoms with van der Waals surface area (Å²) in [5, 5.41) is 0. The second kappa shape index (κ2) is 5.93. The predicted molar refractivity (Wildman–Crippen MR) is 82.6 cm³/mol. The molecule has 2 rings (SSSR count). The van der Waals surface area contributed by atoms with Crippen LogP contribution in [0.3, 0.4) is 0 Å². The topological polar surface area (TPSA) is 35.2 Å². The summed E-state index contributed by atoms with van der Waals surface area (Å²) in [6.07, 6.45) is 0. The molecular weight excluding hydrogens is 292 g/mol. The second-order valence-electron chi connectivity index (χ2n) is 5.14. The van der Waals surface area contributed by atoms with Crippen molar-refractivity contribution in [2.45, 2.75) is 23.5 Å². The summed E-state index contributed by atoms with van der Waals surface area (Å²) in [7, 11) is 1.55. The van der Waals surface area contributed by atoms with E-state index in [-0.39, 0.29) is 11.5 Å². The van der Waals surface area contributed by atoms with Gasteiger partial charge in [0.1, 0.15) is 17.4 Å². The lowest BCUT2D eigenvalue weighted by Crippen LogP contribution is -2.14. The molecule has 0 aliphatic rings. The van der Waals surface area contributed by atoms with Crippen LogP contribution < -0.4 is 10.5 Å². The third-order valence-corrected chi connectivity index (χ3v) is 4.37. The first kappa shape index (κ1) is 15.6. The molecule has 2 nitrogen and oxygen atoms in total. The molecule has 0 saturated heterocycles. The van der Waals surface area contributed by atoms with Crippen LogP contribution in [0.5, 0.6) is 5.75 Å². The molecule has 0 aliphatic heterocycles. The maximum Gasteiger partial charge on any atom is 0.146 e. The van der Waals surface area contributed by atoms with Crippen LogP contribution in [0.15, 0.2) is 41.3 Å². The number of halogens is 2. The molecule has 0 heterocycles. The number of anilines is 1. The van der Waals surface area contributed by atoms with Crippen molar-refractivity contribution in [3.63, 3.8) is 0 Å². The number of benzene rings is 2. The number of methoxy groups -OCH3 is 1. The SMILES string of the molecule is COc1ccc(F)cc1C(C)(C)Sc1ccc(F)c(N)c1. The highest BCUT2D eigenvalue weighted by atomic mass is 32.2. The Hall–Kier alpha value is -1.75. The van der Waals surface area contributed by atoms with Crippen LogP contribution in [0.2, 0.25) is 0 Å². The minimum absolute atomic E-state index is 0.0991. The third-order valence-electron chi connectivity index (χ3n) is 3.15. The summed E-state index contributed by atoms with van der Waals surface area (Å²) < 4.78 is 31.6. The molecule has 0 aliphatic carbocycles. The molecule has 0 aromatic heterocycles. The van der Waals surface area contributed by atoms with Gasteiger partial charge in [-0.05, 0) is 50.2 Å². The molecule has 0 spiro atoms. The Morgan fingerprint density at radius 1 is 1.10 bits per heavy atom. The average Bonchev–Trinajstić information content (AvgIpc) is 2.42. The number of hydrogen-bond acceptors (Lipinski definition) is 3. The fourth-order valence-electron chi connectivity index (χ4n) is 2.09. The van der Waals surface area contributed by atoms with E-state index < -0.39 is 10.6 Å². The molecule has 2 aromatic rings. The van der Waals surface area contributed by atoms with E-state index in [4.69, 9.17) is 10.5 Å². The Morgan fingerprint density at radius 2 is 1.81 bits per heavy atom. The lowest BCUT2D eigenvalue weighted by Gasteiger charge is -2.26. The van der Waals surface area contributed by atoms with Crippen LogP contribution in [0.4, 0.5) is 14.5 Å². The molecule has 21 heavy (non-hydrogen) atoms. The number of nitrogen functional groups attached to an aromatic ring is 1. The maximum absolute atomic E-state index is 13.5. The smallest absolute Gasteiger partial charge is 0.146 e. The van der Waals surface area contributed by atoms with Gasteiger partial charge in [0.25, 0.3) is 0 Å². The van der Waals surface area contributed by atoms with E-state index in [1.165, 1.54) is 30.0 Å². The zero-order chi connectivity index (χ0) is 15.6. The standard InChI is InChI=1S/C16H17F2NOS/c1-16(2,12-8-10(17)4-7-15(12)20-3)21-11-5-6-13(18)14(19)9-11/h4-9H,19H2,1-3H3. The number of rotatable bonds is 4. The van der Waals surface area contributed by atoms with Gasteiger partial charge in [0.2, 0.25) is 0 Å². The van der Waals surface area contributed by atoms with Gasteiger partial charge >= 0.3 is 0 Å². The molecule has 0 fully saturated rings. The molecule has 0 atom stereocenters. The van der Waals surface area contributed by atoms with Gasteiger partial charge in [-0.1, -0.05) is 0 Å². The van der Waals surface area contributed by atoms with E-state index in [9.17, 15) is 8.78 Å². The predicted octanol–water partition coefficient (Wildman–Crippen LogP) is 4.58. The minimum atomic E-state index is -0.461. The van der Waals surface area contributed by atoms with Gasteiger partial charge in [-0.15, -0.1) is 11.8 Å². The fourth-order valence-corrected chi connectivity index (χ4v) is 3.27. The Morgan fingerprint density at radius 3 is 2.43 bits per heavy atom. The molecule has 112 valence electrons. The van der Waals surface area contributed by atoms with Crippen molar-refractivity contribution >= 4 is 17.4 Å². The van der Waals surface area contributed by atoms with Crippen molar-refractivity contribution in [3.8, 4) is 5.75 Å². The largest absolute Gasteiger partial charge is 0.496 e. The van der Waals surface area contributed by atoms with Crippen LogP contribution in [0.1, 0.15) is 19.4 Å². The van der Waals surface area contributed by atoms with E-state index in [0.29, 0.717) is 5.75 Å². The van der Waals surface area contributed by atoms with Crippen LogP contribution in [-0.2, 0) is 4.75 Å². The first-order valence-corrected chi connectivity index (χ1v) is 7.23. The summed E-state index contributed by atoms with van der Waals surface area (Å²) >= 11 is 1.47. The van der Waals surface area contributed by atoms with Crippen LogP contribution in [0.25, 0.3) is 0 Å². The fraction of sp³-hybridized carbons (Fsp3) is 0.250. The Balaban J connectivity index is 2.37. The van der Waals surface area contributed by atoms with E-state index in [2.05, 4.69) is 0 Å². The summed E-state index contributed by atoms with van der Waals surface area (Å²) in [5.41, 5.74) is 6.42. The molecule has 0 amide bonds. The summed E-state index contributed by atoms with van der Waals surface area (Å²) in [4.78, 5) is 0.810. The second-order valence-corrected chi connectivity index (χ2v) is 6.84. The van der Waals surface area contributed by atoms with Gasteiger partial charge in [-0.2, -0.15) is 0 Å². The lowest BCUT2D eigenvalue weighted by atomic mass is 10.0. The average molecular weight is 309 g/mol. The van der Waals surface area contributed by atoms with Gasteiger partial charge in [0.15, 0.2) is 0 Å². The van der Waals surface area contributed by atoms with Gasteiger partial charge in [-0.25, -0.2) is 8.78 Å². The van der Waals surface area contributed by atoms with Crippen molar-refractivity contribution in [2.24, 2.45) is 0 Å². The van der Waals surface area contributed by atoms with E-state index in [1.54, 1.807) is 25.3 Å². The quantitative estimate of drug-likeness (QED) is 0.663. The van der Waals surface area contributed by atoms with Crippen LogP contribution in [-0.4, -0.2) is 7.11 Å². The molecule has 0 radical (unpaired) electrons. The van der Waals surface area contributed by atoms with E-state index >= 15 is 0 Å². The Bertz CT molecular complexity index is 659. The van der Waals surface area contributed by atoms with Crippen molar-refractivity contribution in [3.05, 3.63) is 53.6 Å². The first-order valence-electron chi connectivity index (χ1n) is 6.41. The van der Waals surface area contributed by atoms with Gasteiger partial charge < -0.3 is 10.5 Å². The highest BCUT2D eigenvalue weighted by Gasteiger charge is 2.26. The number of thioether (sulfide) groups is 1. The molecule has 2 N–H and O–H groups in total. The number of nitrogens with two attached hydrogens (primary N) is 1. The molecule has 5 heteroatoms. The zero-order valence-corrected chi connectivity index (χ0v) is 12.9. The first-order chi connectivity index (χ1) is 9.83. The Labute approximate surface area is 127 Å². The lowest BCUT2D eigenvalue weighted by molar-refractivity contribution is 0.404. The van der Waals surface area contributed by atoms with Crippen molar-refractivity contribution < 1.29 is 13.5 Å².